The average Bonchev–Trinajstić information content (AvgIpc) is 2.25. The molecule has 3 nitrogen and oxygen atoms in total. The van der Waals surface area contributed by atoms with Crippen molar-refractivity contribution in [2.24, 2.45) is 10.7 Å². The van der Waals surface area contributed by atoms with Crippen molar-refractivity contribution in [1.82, 2.24) is 4.90 Å². The van der Waals surface area contributed by atoms with Gasteiger partial charge >= 0.3 is 0 Å². The second kappa shape index (κ2) is 7.07. The van der Waals surface area contributed by atoms with E-state index in [-0.39, 0.29) is 0 Å². The molecule has 1 saturated heterocycles. The van der Waals surface area contributed by atoms with E-state index < -0.39 is 0 Å². The van der Waals surface area contributed by atoms with E-state index in [0.29, 0.717) is 11.7 Å². The van der Waals surface area contributed by atoms with Gasteiger partial charge in [0.25, 0.3) is 0 Å². The van der Waals surface area contributed by atoms with Crippen LogP contribution in [0, 0.1) is 0 Å². The highest BCUT2D eigenvalue weighted by Gasteiger charge is 2.08. The Morgan fingerprint density at radius 1 is 1.29 bits per heavy atom. The van der Waals surface area contributed by atoms with Crippen LogP contribution in [0.2, 0.25) is 0 Å². The lowest BCUT2D eigenvalue weighted by Crippen LogP contribution is -2.31. The number of halogens is 1. The Balaban J connectivity index is 2.02. The lowest BCUT2D eigenvalue weighted by molar-refractivity contribution is 0.228. The van der Waals surface area contributed by atoms with Gasteiger partial charge in [-0.2, -0.15) is 0 Å². The molecule has 1 heterocycles. The summed E-state index contributed by atoms with van der Waals surface area (Å²) in [4.78, 5) is 6.67. The minimum Gasteiger partial charge on any atom is -0.386 e. The standard InChI is InChI=1S/C10H20ClN3/c11-9-10(12)13-5-4-8-14-6-2-1-3-7-14/h1-9H2,(H2,12,13). The maximum absolute atomic E-state index is 5.51. The first-order valence-corrected chi connectivity index (χ1v) is 5.93. The number of nitrogens with zero attached hydrogens (tertiary/aromatic N) is 2. The lowest BCUT2D eigenvalue weighted by atomic mass is 10.1. The summed E-state index contributed by atoms with van der Waals surface area (Å²) in [6.07, 6.45) is 5.20. The van der Waals surface area contributed by atoms with E-state index in [4.69, 9.17) is 17.3 Å². The third-order valence-corrected chi connectivity index (χ3v) is 2.81. The SMILES string of the molecule is NC(CCl)=NCCCN1CCCCC1. The summed E-state index contributed by atoms with van der Waals surface area (Å²) < 4.78 is 0. The van der Waals surface area contributed by atoms with Gasteiger partial charge in [0, 0.05) is 6.54 Å². The van der Waals surface area contributed by atoms with Crippen LogP contribution in [0.3, 0.4) is 0 Å². The van der Waals surface area contributed by atoms with Crippen LogP contribution in [0.25, 0.3) is 0 Å². The van der Waals surface area contributed by atoms with Gasteiger partial charge in [-0.15, -0.1) is 11.6 Å². The summed E-state index contributed by atoms with van der Waals surface area (Å²) in [5, 5.41) is 0. The Labute approximate surface area is 91.3 Å². The molecule has 0 aliphatic carbocycles. The van der Waals surface area contributed by atoms with Crippen LogP contribution < -0.4 is 5.73 Å². The molecule has 0 spiro atoms. The topological polar surface area (TPSA) is 41.6 Å². The van der Waals surface area contributed by atoms with Crippen LogP contribution in [-0.2, 0) is 0 Å². The van der Waals surface area contributed by atoms with Crippen molar-refractivity contribution in [3.63, 3.8) is 0 Å². The largest absolute Gasteiger partial charge is 0.386 e. The van der Waals surface area contributed by atoms with Gasteiger partial charge < -0.3 is 10.6 Å². The van der Waals surface area contributed by atoms with Crippen LogP contribution in [-0.4, -0.2) is 42.8 Å². The van der Waals surface area contributed by atoms with Gasteiger partial charge in [0.1, 0.15) is 5.84 Å². The molecular formula is C10H20ClN3. The van der Waals surface area contributed by atoms with Gasteiger partial charge in [-0.3, -0.25) is 4.99 Å². The molecule has 1 aliphatic heterocycles. The molecule has 1 rings (SSSR count). The third kappa shape index (κ3) is 4.82. The maximum atomic E-state index is 5.51. The molecule has 0 radical (unpaired) electrons. The van der Waals surface area contributed by atoms with Crippen molar-refractivity contribution < 1.29 is 0 Å². The first-order chi connectivity index (χ1) is 6.83. The number of hydrogen-bond donors (Lipinski definition) is 1. The molecule has 82 valence electrons. The van der Waals surface area contributed by atoms with Crippen LogP contribution >= 0.6 is 11.6 Å². The molecule has 0 unspecified atom stereocenters. The maximum Gasteiger partial charge on any atom is 0.109 e. The summed E-state index contributed by atoms with van der Waals surface area (Å²) in [6.45, 7) is 4.48. The summed E-state index contributed by atoms with van der Waals surface area (Å²) >= 11 is 5.51. The second-order valence-corrected chi connectivity index (χ2v) is 4.03. The first-order valence-electron chi connectivity index (χ1n) is 5.40. The molecule has 4 heteroatoms. The Morgan fingerprint density at radius 2 is 2.00 bits per heavy atom. The minimum atomic E-state index is 0.351. The molecule has 0 saturated carbocycles. The van der Waals surface area contributed by atoms with Gasteiger partial charge in [-0.25, -0.2) is 0 Å². The van der Waals surface area contributed by atoms with E-state index in [1.165, 1.54) is 32.4 Å². The molecule has 0 aromatic heterocycles. The monoisotopic (exact) mass is 217 g/mol. The number of nitrogens with two attached hydrogens (primary N) is 1. The van der Waals surface area contributed by atoms with Gasteiger partial charge in [-0.05, 0) is 38.9 Å². The Kier molecular flexibility index (Phi) is 5.96. The van der Waals surface area contributed by atoms with Gasteiger partial charge in [0.05, 0.1) is 5.88 Å². The predicted molar refractivity (Wildman–Crippen MR) is 62.1 cm³/mol. The molecular weight excluding hydrogens is 198 g/mol. The Morgan fingerprint density at radius 3 is 2.64 bits per heavy atom. The quantitative estimate of drug-likeness (QED) is 0.328. The smallest absolute Gasteiger partial charge is 0.109 e. The van der Waals surface area contributed by atoms with E-state index >= 15 is 0 Å². The van der Waals surface area contributed by atoms with Crippen molar-refractivity contribution in [2.45, 2.75) is 25.7 Å². The fourth-order valence-electron chi connectivity index (χ4n) is 1.74. The van der Waals surface area contributed by atoms with Crippen molar-refractivity contribution in [1.29, 1.82) is 0 Å². The molecule has 0 atom stereocenters. The third-order valence-electron chi connectivity index (χ3n) is 2.53. The number of amidine groups is 1. The molecule has 0 amide bonds. The highest BCUT2D eigenvalue weighted by molar-refractivity contribution is 6.27. The highest BCUT2D eigenvalue weighted by Crippen LogP contribution is 2.08. The number of hydrogen-bond acceptors (Lipinski definition) is 2. The summed E-state index contributed by atoms with van der Waals surface area (Å²) in [7, 11) is 0. The number of piperidine rings is 1. The molecule has 14 heavy (non-hydrogen) atoms. The number of aliphatic imine (C=N–C) groups is 1. The number of rotatable bonds is 5. The lowest BCUT2D eigenvalue weighted by Gasteiger charge is -2.25. The van der Waals surface area contributed by atoms with E-state index in [1.807, 2.05) is 0 Å². The van der Waals surface area contributed by atoms with Crippen LogP contribution in [0.1, 0.15) is 25.7 Å². The highest BCUT2D eigenvalue weighted by atomic mass is 35.5. The molecule has 0 bridgehead atoms. The first kappa shape index (κ1) is 11.8. The fourth-order valence-corrected chi connectivity index (χ4v) is 1.83. The molecule has 2 N–H and O–H groups in total. The van der Waals surface area contributed by atoms with E-state index in [0.717, 1.165) is 19.5 Å². The second-order valence-electron chi connectivity index (χ2n) is 3.76. The Hall–Kier alpha value is -0.280. The van der Waals surface area contributed by atoms with Crippen LogP contribution in [0.5, 0.6) is 0 Å². The summed E-state index contributed by atoms with van der Waals surface area (Å²) in [5.41, 5.74) is 5.50. The van der Waals surface area contributed by atoms with Gasteiger partial charge in [0.2, 0.25) is 0 Å². The fraction of sp³-hybridized carbons (Fsp3) is 0.900. The molecule has 1 aliphatic rings. The average molecular weight is 218 g/mol. The van der Waals surface area contributed by atoms with E-state index in [9.17, 15) is 0 Å². The molecule has 1 fully saturated rings. The zero-order valence-electron chi connectivity index (χ0n) is 8.71. The van der Waals surface area contributed by atoms with Crippen molar-refractivity contribution in [3.8, 4) is 0 Å². The Bertz CT molecular complexity index is 176. The van der Waals surface area contributed by atoms with E-state index in [1.54, 1.807) is 0 Å². The van der Waals surface area contributed by atoms with Crippen LogP contribution in [0.15, 0.2) is 4.99 Å². The van der Waals surface area contributed by atoms with Gasteiger partial charge in [0.15, 0.2) is 0 Å². The number of likely N-dealkylation sites (tertiary alicyclic amines) is 1. The molecule has 0 aromatic rings. The predicted octanol–water partition coefficient (Wildman–Crippen LogP) is 1.46. The zero-order chi connectivity index (χ0) is 10.2. The van der Waals surface area contributed by atoms with Crippen molar-refractivity contribution in [2.75, 3.05) is 32.1 Å². The minimum absolute atomic E-state index is 0.351. The van der Waals surface area contributed by atoms with Crippen LogP contribution in [0.4, 0.5) is 0 Å². The molecule has 0 aromatic carbocycles. The van der Waals surface area contributed by atoms with E-state index in [2.05, 4.69) is 9.89 Å². The zero-order valence-corrected chi connectivity index (χ0v) is 9.47. The van der Waals surface area contributed by atoms with Crippen molar-refractivity contribution in [3.05, 3.63) is 0 Å². The van der Waals surface area contributed by atoms with Gasteiger partial charge in [-0.1, -0.05) is 6.42 Å². The summed E-state index contributed by atoms with van der Waals surface area (Å²) in [6, 6.07) is 0. The normalized spacial score (nSPS) is 19.9. The summed E-state index contributed by atoms with van der Waals surface area (Å²) in [5.74, 6) is 0.911. The number of alkyl halides is 1. The van der Waals surface area contributed by atoms with Crippen molar-refractivity contribution >= 4 is 17.4 Å².